The smallest absolute Gasteiger partial charge is 0.137 e. The third-order valence-electron chi connectivity index (χ3n) is 0.245. The molecule has 0 spiro atoms. The van der Waals surface area contributed by atoms with E-state index < -0.39 is 0 Å². The Morgan fingerprint density at radius 2 is 2.67 bits per heavy atom. The average Bonchev–Trinajstić information content (AvgIpc) is 1.61. The Bertz CT molecular complexity index is 46.8. The van der Waals surface area contributed by atoms with Crippen LogP contribution in [0.4, 0.5) is 0 Å². The molecule has 0 saturated heterocycles. The van der Waals surface area contributed by atoms with Gasteiger partial charge in [-0.1, -0.05) is 6.08 Å². The van der Waals surface area contributed by atoms with Gasteiger partial charge in [-0.15, -0.1) is 6.58 Å². The monoisotopic (exact) mass is 120 g/mol. The Morgan fingerprint density at radius 1 is 2.00 bits per heavy atom. The summed E-state index contributed by atoms with van der Waals surface area (Å²) in [6.45, 7) is 3.98. The Kier molecular flexibility index (Phi) is 5.41. The molecule has 0 fully saturated rings. The third-order valence-corrected chi connectivity index (χ3v) is 0.816. The van der Waals surface area contributed by atoms with Crippen LogP contribution in [0.15, 0.2) is 12.7 Å². The van der Waals surface area contributed by atoms with Gasteiger partial charge in [-0.25, -0.2) is 0 Å². The zero-order chi connectivity index (χ0) is 4.83. The SMILES string of the molecule is C=CCOP=S. The van der Waals surface area contributed by atoms with Crippen molar-refractivity contribution < 1.29 is 4.52 Å². The lowest BCUT2D eigenvalue weighted by molar-refractivity contribution is 0.426. The van der Waals surface area contributed by atoms with Crippen LogP contribution in [0.1, 0.15) is 0 Å². The highest BCUT2D eigenvalue weighted by Crippen LogP contribution is 1.91. The fraction of sp³-hybridized carbons (Fsp3) is 0.333. The maximum absolute atomic E-state index is 4.65. The van der Waals surface area contributed by atoms with Crippen LogP contribution in [0, 0.1) is 0 Å². The first kappa shape index (κ1) is 6.22. The summed E-state index contributed by atoms with van der Waals surface area (Å²) in [5, 5.41) is 0. The van der Waals surface area contributed by atoms with Crippen molar-refractivity contribution >= 4 is 19.4 Å². The van der Waals surface area contributed by atoms with Gasteiger partial charge in [0.25, 0.3) is 0 Å². The van der Waals surface area contributed by atoms with E-state index in [4.69, 9.17) is 0 Å². The van der Waals surface area contributed by atoms with Gasteiger partial charge in [-0.3, -0.25) is 0 Å². The van der Waals surface area contributed by atoms with Gasteiger partial charge in [0.2, 0.25) is 0 Å². The van der Waals surface area contributed by atoms with Crippen LogP contribution in [0.3, 0.4) is 0 Å². The first-order valence-electron chi connectivity index (χ1n) is 1.47. The highest BCUT2D eigenvalue weighted by Gasteiger charge is 1.65. The molecule has 0 heterocycles. The van der Waals surface area contributed by atoms with E-state index in [0.717, 1.165) is 0 Å². The summed E-state index contributed by atoms with van der Waals surface area (Å²) in [7, 11) is 0.557. The van der Waals surface area contributed by atoms with Gasteiger partial charge >= 0.3 is 0 Å². The molecule has 0 aromatic heterocycles. The van der Waals surface area contributed by atoms with E-state index in [2.05, 4.69) is 22.9 Å². The Morgan fingerprint density at radius 3 is 2.83 bits per heavy atom. The third kappa shape index (κ3) is 4.22. The van der Waals surface area contributed by atoms with Gasteiger partial charge in [0.15, 0.2) is 0 Å². The molecule has 6 heavy (non-hydrogen) atoms. The second kappa shape index (κ2) is 5.22. The van der Waals surface area contributed by atoms with Crippen molar-refractivity contribution in [2.45, 2.75) is 0 Å². The number of hydrogen-bond acceptors (Lipinski definition) is 2. The molecule has 1 nitrogen and oxygen atoms in total. The summed E-state index contributed by atoms with van der Waals surface area (Å²) >= 11 is 4.42. The zero-order valence-electron chi connectivity index (χ0n) is 3.26. The molecule has 0 radical (unpaired) electrons. The molecule has 0 N–H and O–H groups in total. The molecule has 0 aromatic rings. The molecule has 0 aromatic carbocycles. The molecule has 0 saturated carbocycles. The maximum Gasteiger partial charge on any atom is 0.137 e. The summed E-state index contributed by atoms with van der Waals surface area (Å²) in [6, 6.07) is 0. The lowest BCUT2D eigenvalue weighted by Gasteiger charge is -1.78. The standard InChI is InChI=1S/C3H5OPS/c1-2-3-4-5-6/h2H,1,3H2. The first-order valence-corrected chi connectivity index (χ1v) is 3.30. The minimum atomic E-state index is 0.557. The Hall–Kier alpha value is 0.220. The van der Waals surface area contributed by atoms with Crippen molar-refractivity contribution in [3.63, 3.8) is 0 Å². The minimum absolute atomic E-state index is 0.557. The lowest BCUT2D eigenvalue weighted by Crippen LogP contribution is -1.69. The summed E-state index contributed by atoms with van der Waals surface area (Å²) < 4.78 is 4.65. The molecular formula is C3H5OPS. The quantitative estimate of drug-likeness (QED) is 0.317. The normalized spacial score (nSPS) is 8.67. The summed E-state index contributed by atoms with van der Waals surface area (Å²) in [6.07, 6.45) is 1.67. The first-order chi connectivity index (χ1) is 2.91. The molecular weight excluding hydrogens is 115 g/mol. The van der Waals surface area contributed by atoms with Gasteiger partial charge < -0.3 is 4.52 Å². The van der Waals surface area contributed by atoms with Crippen LogP contribution < -0.4 is 0 Å². The number of hydrogen-bond donors (Lipinski definition) is 0. The van der Waals surface area contributed by atoms with Crippen LogP contribution in [0.2, 0.25) is 0 Å². The predicted octanol–water partition coefficient (Wildman–Crippen LogP) is 1.51. The molecule has 0 amide bonds. The lowest BCUT2D eigenvalue weighted by atomic mass is 10.7. The molecule has 0 bridgehead atoms. The Balaban J connectivity index is 2.66. The molecule has 34 valence electrons. The molecule has 0 atom stereocenters. The van der Waals surface area contributed by atoms with Crippen LogP contribution in [-0.2, 0) is 16.3 Å². The van der Waals surface area contributed by atoms with Gasteiger partial charge in [0.1, 0.15) is 7.58 Å². The highest BCUT2D eigenvalue weighted by molar-refractivity contribution is 7.94. The molecule has 0 aliphatic heterocycles. The largest absolute Gasteiger partial charge is 0.313 e. The highest BCUT2D eigenvalue weighted by atomic mass is 32.4. The summed E-state index contributed by atoms with van der Waals surface area (Å²) in [4.78, 5) is 0. The Labute approximate surface area is 43.9 Å². The average molecular weight is 120 g/mol. The van der Waals surface area contributed by atoms with Gasteiger partial charge in [-0.2, -0.15) is 0 Å². The fourth-order valence-electron chi connectivity index (χ4n) is 0.0831. The van der Waals surface area contributed by atoms with Crippen LogP contribution in [0.5, 0.6) is 0 Å². The molecule has 0 aliphatic rings. The van der Waals surface area contributed by atoms with Crippen LogP contribution in [-0.4, -0.2) is 6.61 Å². The van der Waals surface area contributed by atoms with E-state index in [0.29, 0.717) is 14.2 Å². The minimum Gasteiger partial charge on any atom is -0.313 e. The van der Waals surface area contributed by atoms with Crippen LogP contribution >= 0.6 is 7.58 Å². The van der Waals surface area contributed by atoms with Crippen molar-refractivity contribution in [3.05, 3.63) is 12.7 Å². The van der Waals surface area contributed by atoms with Crippen molar-refractivity contribution in [1.29, 1.82) is 0 Å². The van der Waals surface area contributed by atoms with E-state index in [9.17, 15) is 0 Å². The van der Waals surface area contributed by atoms with Crippen molar-refractivity contribution in [1.82, 2.24) is 0 Å². The van der Waals surface area contributed by atoms with Crippen molar-refractivity contribution in [2.75, 3.05) is 6.61 Å². The molecule has 0 unspecified atom stereocenters. The van der Waals surface area contributed by atoms with E-state index in [1.165, 1.54) is 0 Å². The van der Waals surface area contributed by atoms with Crippen LogP contribution in [0.25, 0.3) is 0 Å². The fourth-order valence-corrected chi connectivity index (χ4v) is 0.432. The van der Waals surface area contributed by atoms with Gasteiger partial charge in [0.05, 0.1) is 6.61 Å². The van der Waals surface area contributed by atoms with E-state index in [-0.39, 0.29) is 0 Å². The van der Waals surface area contributed by atoms with E-state index >= 15 is 0 Å². The van der Waals surface area contributed by atoms with Crippen molar-refractivity contribution in [2.24, 2.45) is 0 Å². The summed E-state index contributed by atoms with van der Waals surface area (Å²) in [5.74, 6) is 0. The van der Waals surface area contributed by atoms with Crippen molar-refractivity contribution in [3.8, 4) is 0 Å². The van der Waals surface area contributed by atoms with E-state index in [1.807, 2.05) is 0 Å². The van der Waals surface area contributed by atoms with Gasteiger partial charge in [0, 0.05) is 0 Å². The summed E-state index contributed by atoms with van der Waals surface area (Å²) in [5.41, 5.74) is 0. The second-order valence-electron chi connectivity index (χ2n) is 0.659. The van der Waals surface area contributed by atoms with E-state index in [1.54, 1.807) is 6.08 Å². The number of rotatable bonds is 3. The predicted molar refractivity (Wildman–Crippen MR) is 30.4 cm³/mol. The maximum atomic E-state index is 4.65. The topological polar surface area (TPSA) is 9.23 Å². The molecule has 0 rings (SSSR count). The molecule has 3 heteroatoms. The second-order valence-corrected chi connectivity index (χ2v) is 1.51. The molecule has 0 aliphatic carbocycles. The van der Waals surface area contributed by atoms with Gasteiger partial charge in [-0.05, 0) is 11.8 Å². The zero-order valence-corrected chi connectivity index (χ0v) is 4.97.